The lowest BCUT2D eigenvalue weighted by Crippen LogP contribution is -2.34. The smallest absolute Gasteiger partial charge is 0.244 e. The zero-order chi connectivity index (χ0) is 14.5. The van der Waals surface area contributed by atoms with Gasteiger partial charge in [0, 0.05) is 24.6 Å². The van der Waals surface area contributed by atoms with Gasteiger partial charge in [-0.05, 0) is 24.8 Å². The van der Waals surface area contributed by atoms with Crippen LogP contribution in [0.1, 0.15) is 24.3 Å². The van der Waals surface area contributed by atoms with E-state index in [1.807, 2.05) is 19.2 Å². The van der Waals surface area contributed by atoms with E-state index in [1.165, 1.54) is 15.6 Å². The number of rotatable bonds is 8. The van der Waals surface area contributed by atoms with Gasteiger partial charge in [0.25, 0.3) is 0 Å². The molecule has 0 aromatic carbocycles. The molecule has 0 unspecified atom stereocenters. The minimum absolute atomic E-state index is 0.218. The molecule has 0 fully saturated rings. The second kappa shape index (κ2) is 7.59. The van der Waals surface area contributed by atoms with Gasteiger partial charge >= 0.3 is 0 Å². The fraction of sp³-hybridized carbons (Fsp3) is 0.667. The van der Waals surface area contributed by atoms with Gasteiger partial charge in [-0.25, -0.2) is 8.42 Å². The third-order valence-electron chi connectivity index (χ3n) is 2.75. The normalized spacial score (nSPS) is 12.3. The van der Waals surface area contributed by atoms with Gasteiger partial charge in [-0.1, -0.05) is 6.92 Å². The number of hydrogen-bond acceptors (Lipinski definition) is 4. The van der Waals surface area contributed by atoms with Crippen molar-refractivity contribution in [2.24, 2.45) is 0 Å². The summed E-state index contributed by atoms with van der Waals surface area (Å²) in [7, 11) is -3.48. The zero-order valence-electron chi connectivity index (χ0n) is 11.5. The maximum Gasteiger partial charge on any atom is 0.244 e. The summed E-state index contributed by atoms with van der Waals surface area (Å²) in [5.74, 6) is 0.218. The number of aryl methyl sites for hydroxylation is 1. The number of hydrogen-bond donors (Lipinski definition) is 0. The summed E-state index contributed by atoms with van der Waals surface area (Å²) in [5, 5.41) is 1.83. The third kappa shape index (κ3) is 3.92. The topological polar surface area (TPSA) is 46.6 Å². The molecule has 0 saturated heterocycles. The lowest BCUT2D eigenvalue weighted by atomic mass is 10.3. The van der Waals surface area contributed by atoms with Crippen LogP contribution in [0.3, 0.4) is 0 Å². The fourth-order valence-electron chi connectivity index (χ4n) is 1.81. The van der Waals surface area contributed by atoms with E-state index in [0.717, 1.165) is 5.56 Å². The minimum atomic E-state index is -3.48. The van der Waals surface area contributed by atoms with Gasteiger partial charge in [0.05, 0.1) is 12.5 Å². The van der Waals surface area contributed by atoms with E-state index in [1.54, 1.807) is 6.92 Å². The molecule has 0 aliphatic carbocycles. The number of likely N-dealkylation sites (N-methyl/N-ethyl adjacent to an activating group) is 1. The number of alkyl halides is 1. The van der Waals surface area contributed by atoms with Crippen LogP contribution in [0.5, 0.6) is 0 Å². The van der Waals surface area contributed by atoms with E-state index >= 15 is 0 Å². The predicted octanol–water partition coefficient (Wildman–Crippen LogP) is 2.84. The summed E-state index contributed by atoms with van der Waals surface area (Å²) >= 11 is 7.22. The van der Waals surface area contributed by atoms with Crippen molar-refractivity contribution in [1.29, 1.82) is 0 Å². The average molecular weight is 326 g/mol. The van der Waals surface area contributed by atoms with E-state index in [2.05, 4.69) is 0 Å². The number of thiophene rings is 1. The molecule has 7 heteroatoms. The van der Waals surface area contributed by atoms with Gasteiger partial charge in [0.15, 0.2) is 0 Å². The molecule has 0 atom stereocenters. The first-order valence-electron chi connectivity index (χ1n) is 6.19. The lowest BCUT2D eigenvalue weighted by Gasteiger charge is -2.21. The second-order valence-corrected chi connectivity index (χ2v) is 7.10. The number of halogens is 1. The van der Waals surface area contributed by atoms with E-state index in [-0.39, 0.29) is 5.88 Å². The van der Waals surface area contributed by atoms with Crippen LogP contribution in [0.25, 0.3) is 0 Å². The molecular weight excluding hydrogens is 306 g/mol. The monoisotopic (exact) mass is 325 g/mol. The Balaban J connectivity index is 3.03. The summed E-state index contributed by atoms with van der Waals surface area (Å²) in [5.41, 5.74) is 0.760. The standard InChI is InChI=1S/C12H20ClNO3S2/c1-4-14(6-7-17-5-2)19(15,16)12-10(3)9-18-11(12)8-13/h9H,4-8H2,1-3H3. The molecule has 1 rings (SSSR count). The molecule has 0 saturated carbocycles. The third-order valence-corrected chi connectivity index (χ3v) is 6.61. The molecule has 110 valence electrons. The maximum atomic E-state index is 12.6. The quantitative estimate of drug-likeness (QED) is 0.545. The summed E-state index contributed by atoms with van der Waals surface area (Å²) < 4.78 is 31.9. The molecule has 0 radical (unpaired) electrons. The van der Waals surface area contributed by atoms with Crippen LogP contribution in [0, 0.1) is 6.92 Å². The lowest BCUT2D eigenvalue weighted by molar-refractivity contribution is 0.135. The molecule has 0 amide bonds. The van der Waals surface area contributed by atoms with Crippen LogP contribution in [-0.2, 0) is 20.6 Å². The highest BCUT2D eigenvalue weighted by atomic mass is 35.5. The number of nitrogens with zero attached hydrogens (tertiary/aromatic N) is 1. The van der Waals surface area contributed by atoms with Crippen molar-refractivity contribution in [3.8, 4) is 0 Å². The van der Waals surface area contributed by atoms with Crippen molar-refractivity contribution in [2.75, 3.05) is 26.3 Å². The van der Waals surface area contributed by atoms with Crippen LogP contribution in [-0.4, -0.2) is 39.0 Å². The van der Waals surface area contributed by atoms with Crippen molar-refractivity contribution >= 4 is 33.0 Å². The van der Waals surface area contributed by atoms with Gasteiger partial charge in [-0.2, -0.15) is 4.31 Å². The molecule has 0 aliphatic heterocycles. The highest BCUT2D eigenvalue weighted by molar-refractivity contribution is 7.89. The maximum absolute atomic E-state index is 12.6. The Kier molecular flexibility index (Phi) is 6.76. The Labute approximate surface area is 124 Å². The molecule has 4 nitrogen and oxygen atoms in total. The molecule has 0 spiro atoms. The Morgan fingerprint density at radius 2 is 2.11 bits per heavy atom. The Bertz CT molecular complexity index is 499. The molecule has 1 aromatic heterocycles. The van der Waals surface area contributed by atoms with Gasteiger partial charge < -0.3 is 4.74 Å². The Morgan fingerprint density at radius 3 is 2.63 bits per heavy atom. The first-order chi connectivity index (χ1) is 8.98. The largest absolute Gasteiger partial charge is 0.380 e. The Hall–Kier alpha value is -0.140. The SMILES string of the molecule is CCOCCN(CC)S(=O)(=O)c1c(C)csc1CCl. The summed E-state index contributed by atoms with van der Waals surface area (Å²) in [4.78, 5) is 1.07. The molecule has 0 N–H and O–H groups in total. The van der Waals surface area contributed by atoms with Crippen LogP contribution in [0.2, 0.25) is 0 Å². The fourth-order valence-corrected chi connectivity index (χ4v) is 5.26. The highest BCUT2D eigenvalue weighted by Crippen LogP contribution is 2.30. The summed E-state index contributed by atoms with van der Waals surface area (Å²) in [6, 6.07) is 0. The van der Waals surface area contributed by atoms with Crippen LogP contribution >= 0.6 is 22.9 Å². The predicted molar refractivity (Wildman–Crippen MR) is 79.5 cm³/mol. The number of ether oxygens (including phenoxy) is 1. The first-order valence-corrected chi connectivity index (χ1v) is 9.05. The van der Waals surface area contributed by atoms with Crippen LogP contribution in [0.4, 0.5) is 0 Å². The van der Waals surface area contributed by atoms with E-state index in [0.29, 0.717) is 36.1 Å². The van der Waals surface area contributed by atoms with Crippen molar-refractivity contribution in [3.05, 3.63) is 15.8 Å². The van der Waals surface area contributed by atoms with Crippen LogP contribution in [0.15, 0.2) is 10.3 Å². The molecule has 1 aromatic rings. The van der Waals surface area contributed by atoms with Gasteiger partial charge in [0.2, 0.25) is 10.0 Å². The van der Waals surface area contributed by atoms with Crippen molar-refractivity contribution in [1.82, 2.24) is 4.31 Å². The van der Waals surface area contributed by atoms with Gasteiger partial charge in [0.1, 0.15) is 4.90 Å². The highest BCUT2D eigenvalue weighted by Gasteiger charge is 2.28. The van der Waals surface area contributed by atoms with E-state index < -0.39 is 10.0 Å². The molecule has 0 aliphatic rings. The molecule has 1 heterocycles. The number of sulfonamides is 1. The van der Waals surface area contributed by atoms with E-state index in [4.69, 9.17) is 16.3 Å². The zero-order valence-corrected chi connectivity index (χ0v) is 13.9. The first kappa shape index (κ1) is 16.9. The van der Waals surface area contributed by atoms with E-state index in [9.17, 15) is 8.42 Å². The average Bonchev–Trinajstić information content (AvgIpc) is 2.76. The van der Waals surface area contributed by atoms with Gasteiger partial charge in [-0.15, -0.1) is 22.9 Å². The molecule has 0 bridgehead atoms. The minimum Gasteiger partial charge on any atom is -0.380 e. The van der Waals surface area contributed by atoms with Crippen molar-refractivity contribution in [2.45, 2.75) is 31.5 Å². The van der Waals surface area contributed by atoms with Crippen molar-refractivity contribution in [3.63, 3.8) is 0 Å². The van der Waals surface area contributed by atoms with Crippen LogP contribution < -0.4 is 0 Å². The van der Waals surface area contributed by atoms with Gasteiger partial charge in [-0.3, -0.25) is 0 Å². The Morgan fingerprint density at radius 1 is 1.42 bits per heavy atom. The summed E-state index contributed by atoms with van der Waals surface area (Å²) in [6.07, 6.45) is 0. The second-order valence-electron chi connectivity index (χ2n) is 4.00. The summed E-state index contributed by atoms with van der Waals surface area (Å²) in [6.45, 7) is 7.29. The van der Waals surface area contributed by atoms with Crippen molar-refractivity contribution < 1.29 is 13.2 Å². The molecular formula is C12H20ClNO3S2. The molecule has 19 heavy (non-hydrogen) atoms.